The van der Waals surface area contributed by atoms with Crippen LogP contribution in [0.4, 0.5) is 0 Å². The number of fused-ring (bicyclic) bond motifs is 1. The standard InChI is InChI=1S/C12H11NO2.ClH/c13-7-10-3-1-2-8-4-5-9(12(14)15)6-11(8)10;/h1-6H,7,13H2,(H,14,15);1H. The van der Waals surface area contributed by atoms with Crippen LogP contribution in [0.2, 0.25) is 0 Å². The zero-order valence-corrected chi connectivity index (χ0v) is 9.33. The smallest absolute Gasteiger partial charge is 0.335 e. The minimum absolute atomic E-state index is 0. The van der Waals surface area contributed by atoms with Crippen molar-refractivity contribution < 1.29 is 9.90 Å². The monoisotopic (exact) mass is 237 g/mol. The van der Waals surface area contributed by atoms with E-state index < -0.39 is 5.97 Å². The second kappa shape index (κ2) is 4.96. The van der Waals surface area contributed by atoms with Gasteiger partial charge >= 0.3 is 5.97 Å². The van der Waals surface area contributed by atoms with Gasteiger partial charge in [-0.2, -0.15) is 0 Å². The van der Waals surface area contributed by atoms with Crippen molar-refractivity contribution in [3.8, 4) is 0 Å². The second-order valence-electron chi connectivity index (χ2n) is 3.36. The van der Waals surface area contributed by atoms with E-state index in [1.54, 1.807) is 18.2 Å². The summed E-state index contributed by atoms with van der Waals surface area (Å²) in [5.41, 5.74) is 6.86. The molecule has 0 aliphatic carbocycles. The largest absolute Gasteiger partial charge is 0.478 e. The van der Waals surface area contributed by atoms with Crippen LogP contribution >= 0.6 is 12.4 Å². The maximum absolute atomic E-state index is 10.8. The summed E-state index contributed by atoms with van der Waals surface area (Å²) >= 11 is 0. The van der Waals surface area contributed by atoms with Crippen molar-refractivity contribution in [2.24, 2.45) is 5.73 Å². The van der Waals surface area contributed by atoms with Crippen molar-refractivity contribution >= 4 is 29.1 Å². The molecule has 2 rings (SSSR count). The van der Waals surface area contributed by atoms with Gasteiger partial charge in [0.05, 0.1) is 5.56 Å². The van der Waals surface area contributed by atoms with Gasteiger partial charge in [-0.25, -0.2) is 4.79 Å². The highest BCUT2D eigenvalue weighted by molar-refractivity contribution is 5.95. The Morgan fingerprint density at radius 3 is 2.62 bits per heavy atom. The topological polar surface area (TPSA) is 63.3 Å². The number of carboxylic acid groups (broad SMARTS) is 1. The molecular weight excluding hydrogens is 226 g/mol. The van der Waals surface area contributed by atoms with Crippen LogP contribution in [0.25, 0.3) is 10.8 Å². The first-order chi connectivity index (χ1) is 7.22. The first-order valence-corrected chi connectivity index (χ1v) is 4.67. The summed E-state index contributed by atoms with van der Waals surface area (Å²) in [5.74, 6) is -0.913. The van der Waals surface area contributed by atoms with Crippen LogP contribution < -0.4 is 5.73 Å². The summed E-state index contributed by atoms with van der Waals surface area (Å²) in [4.78, 5) is 10.8. The van der Waals surface area contributed by atoms with E-state index in [9.17, 15) is 4.79 Å². The minimum atomic E-state index is -0.913. The van der Waals surface area contributed by atoms with Gasteiger partial charge in [-0.1, -0.05) is 24.3 Å². The Labute approximate surface area is 99.3 Å². The van der Waals surface area contributed by atoms with Gasteiger partial charge in [0.25, 0.3) is 0 Å². The van der Waals surface area contributed by atoms with Gasteiger partial charge in [-0.15, -0.1) is 12.4 Å². The Kier molecular flexibility index (Phi) is 3.88. The molecule has 3 nitrogen and oxygen atoms in total. The lowest BCUT2D eigenvalue weighted by atomic mass is 10.0. The first kappa shape index (κ1) is 12.5. The minimum Gasteiger partial charge on any atom is -0.478 e. The Bertz CT molecular complexity index is 525. The Balaban J connectivity index is 0.00000128. The molecule has 84 valence electrons. The molecule has 0 fully saturated rings. The van der Waals surface area contributed by atoms with E-state index in [1.165, 1.54) is 0 Å². The molecule has 2 aromatic rings. The Morgan fingerprint density at radius 1 is 1.25 bits per heavy atom. The van der Waals surface area contributed by atoms with E-state index in [1.807, 2.05) is 18.2 Å². The van der Waals surface area contributed by atoms with Crippen LogP contribution in [0.3, 0.4) is 0 Å². The highest BCUT2D eigenvalue weighted by Gasteiger charge is 2.05. The molecule has 0 heterocycles. The van der Waals surface area contributed by atoms with E-state index in [4.69, 9.17) is 10.8 Å². The van der Waals surface area contributed by atoms with E-state index in [-0.39, 0.29) is 12.4 Å². The zero-order chi connectivity index (χ0) is 10.8. The van der Waals surface area contributed by atoms with Gasteiger partial charge in [0.1, 0.15) is 0 Å². The molecule has 0 unspecified atom stereocenters. The quantitative estimate of drug-likeness (QED) is 0.843. The maximum Gasteiger partial charge on any atom is 0.335 e. The number of benzene rings is 2. The molecule has 2 aromatic carbocycles. The zero-order valence-electron chi connectivity index (χ0n) is 8.51. The average Bonchev–Trinajstić information content (AvgIpc) is 2.27. The summed E-state index contributed by atoms with van der Waals surface area (Å²) in [6, 6.07) is 10.8. The van der Waals surface area contributed by atoms with Gasteiger partial charge in [0, 0.05) is 6.54 Å². The average molecular weight is 238 g/mol. The van der Waals surface area contributed by atoms with Gasteiger partial charge in [-0.3, -0.25) is 0 Å². The Morgan fingerprint density at radius 2 is 2.00 bits per heavy atom. The number of carbonyl (C=O) groups is 1. The summed E-state index contributed by atoms with van der Waals surface area (Å²) in [7, 11) is 0. The molecule has 0 atom stereocenters. The van der Waals surface area contributed by atoms with Crippen LogP contribution in [-0.2, 0) is 6.54 Å². The molecule has 0 aliphatic heterocycles. The number of aromatic carboxylic acids is 1. The van der Waals surface area contributed by atoms with Crippen LogP contribution in [0.5, 0.6) is 0 Å². The summed E-state index contributed by atoms with van der Waals surface area (Å²) in [5, 5.41) is 10.8. The fourth-order valence-corrected chi connectivity index (χ4v) is 1.65. The number of hydrogen-bond donors (Lipinski definition) is 2. The van der Waals surface area contributed by atoms with Crippen molar-refractivity contribution in [3.63, 3.8) is 0 Å². The Hall–Kier alpha value is -1.58. The molecule has 3 N–H and O–H groups in total. The van der Waals surface area contributed by atoms with Crippen LogP contribution in [0, 0.1) is 0 Å². The predicted octanol–water partition coefficient (Wildman–Crippen LogP) is 2.42. The fraction of sp³-hybridized carbons (Fsp3) is 0.0833. The SMILES string of the molecule is Cl.NCc1cccc2ccc(C(=O)O)cc12. The molecule has 0 amide bonds. The number of carboxylic acids is 1. The van der Waals surface area contributed by atoms with Crippen molar-refractivity contribution in [2.45, 2.75) is 6.54 Å². The van der Waals surface area contributed by atoms with Crippen LogP contribution in [0.1, 0.15) is 15.9 Å². The van der Waals surface area contributed by atoms with E-state index in [2.05, 4.69) is 0 Å². The third-order valence-corrected chi connectivity index (χ3v) is 2.44. The van der Waals surface area contributed by atoms with Crippen molar-refractivity contribution in [1.29, 1.82) is 0 Å². The molecule has 0 aliphatic rings. The third kappa shape index (κ3) is 2.15. The third-order valence-electron chi connectivity index (χ3n) is 2.44. The van der Waals surface area contributed by atoms with E-state index >= 15 is 0 Å². The molecular formula is C12H12ClNO2. The van der Waals surface area contributed by atoms with Crippen LogP contribution in [-0.4, -0.2) is 11.1 Å². The van der Waals surface area contributed by atoms with E-state index in [0.717, 1.165) is 16.3 Å². The lowest BCUT2D eigenvalue weighted by molar-refractivity contribution is 0.0697. The lowest BCUT2D eigenvalue weighted by Crippen LogP contribution is -1.99. The summed E-state index contributed by atoms with van der Waals surface area (Å²) < 4.78 is 0. The molecule has 16 heavy (non-hydrogen) atoms. The van der Waals surface area contributed by atoms with Crippen molar-refractivity contribution in [3.05, 3.63) is 47.5 Å². The molecule has 0 aromatic heterocycles. The highest BCUT2D eigenvalue weighted by Crippen LogP contribution is 2.20. The van der Waals surface area contributed by atoms with Crippen molar-refractivity contribution in [1.82, 2.24) is 0 Å². The van der Waals surface area contributed by atoms with Crippen LogP contribution in [0.15, 0.2) is 36.4 Å². The highest BCUT2D eigenvalue weighted by atomic mass is 35.5. The molecule has 0 saturated carbocycles. The lowest BCUT2D eigenvalue weighted by Gasteiger charge is -2.04. The molecule has 4 heteroatoms. The molecule has 0 radical (unpaired) electrons. The molecule has 0 bridgehead atoms. The second-order valence-corrected chi connectivity index (χ2v) is 3.36. The van der Waals surface area contributed by atoms with Gasteiger partial charge < -0.3 is 10.8 Å². The number of nitrogens with two attached hydrogens (primary N) is 1. The van der Waals surface area contributed by atoms with Crippen molar-refractivity contribution in [2.75, 3.05) is 0 Å². The van der Waals surface area contributed by atoms with Gasteiger partial charge in [0.2, 0.25) is 0 Å². The molecule has 0 saturated heterocycles. The number of halogens is 1. The maximum atomic E-state index is 10.8. The predicted molar refractivity (Wildman–Crippen MR) is 66.0 cm³/mol. The first-order valence-electron chi connectivity index (χ1n) is 4.67. The normalized spacial score (nSPS) is 9.81. The molecule has 0 spiro atoms. The fourth-order valence-electron chi connectivity index (χ4n) is 1.65. The number of hydrogen-bond acceptors (Lipinski definition) is 2. The summed E-state index contributed by atoms with van der Waals surface area (Å²) in [6.45, 7) is 0.417. The van der Waals surface area contributed by atoms with E-state index in [0.29, 0.717) is 12.1 Å². The summed E-state index contributed by atoms with van der Waals surface area (Å²) in [6.07, 6.45) is 0. The van der Waals surface area contributed by atoms with Gasteiger partial charge in [-0.05, 0) is 28.5 Å². The van der Waals surface area contributed by atoms with Gasteiger partial charge in [0.15, 0.2) is 0 Å². The number of rotatable bonds is 2.